The lowest BCUT2D eigenvalue weighted by Gasteiger charge is -2.10. The van der Waals surface area contributed by atoms with Crippen molar-refractivity contribution in [3.05, 3.63) is 146 Å². The highest BCUT2D eigenvalue weighted by Gasteiger charge is 2.18. The lowest BCUT2D eigenvalue weighted by Crippen LogP contribution is -1.94. The van der Waals surface area contributed by atoms with Crippen LogP contribution in [-0.4, -0.2) is 9.97 Å². The lowest BCUT2D eigenvalue weighted by atomic mass is 9.97. The van der Waals surface area contributed by atoms with E-state index in [1.165, 1.54) is 43.1 Å². The van der Waals surface area contributed by atoms with Crippen molar-refractivity contribution in [3.63, 3.8) is 0 Å². The number of hydrogen-bond acceptors (Lipinski definition) is 3. The van der Waals surface area contributed by atoms with Crippen LogP contribution in [-0.2, 0) is 0 Å². The summed E-state index contributed by atoms with van der Waals surface area (Å²) in [5.41, 5.74) is 8.87. The summed E-state index contributed by atoms with van der Waals surface area (Å²) in [7, 11) is 0. The summed E-state index contributed by atoms with van der Waals surface area (Å²) < 4.78 is 2.34. The zero-order valence-electron chi connectivity index (χ0n) is 22.2. The molecule has 0 saturated heterocycles. The van der Waals surface area contributed by atoms with E-state index in [9.17, 15) is 0 Å². The number of thiophene rings is 1. The summed E-state index contributed by atoms with van der Waals surface area (Å²) >= 11 is 1.78. The van der Waals surface area contributed by atoms with Gasteiger partial charge in [-0.2, -0.15) is 0 Å². The summed E-state index contributed by atoms with van der Waals surface area (Å²) in [4.78, 5) is 10.4. The highest BCUT2D eigenvalue weighted by Crippen LogP contribution is 2.42. The second kappa shape index (κ2) is 9.81. The van der Waals surface area contributed by atoms with Crippen LogP contribution in [0.15, 0.2) is 146 Å². The van der Waals surface area contributed by atoms with E-state index in [2.05, 4.69) is 127 Å². The highest BCUT2D eigenvalue weighted by atomic mass is 32.1. The van der Waals surface area contributed by atoms with Crippen molar-refractivity contribution in [2.75, 3.05) is 0 Å². The molecule has 0 saturated carbocycles. The minimum absolute atomic E-state index is 0.747. The van der Waals surface area contributed by atoms with Crippen molar-refractivity contribution in [2.24, 2.45) is 0 Å². The van der Waals surface area contributed by atoms with Gasteiger partial charge in [0, 0.05) is 21.2 Å². The topological polar surface area (TPSA) is 25.8 Å². The van der Waals surface area contributed by atoms with Crippen LogP contribution in [0.4, 0.5) is 0 Å². The molecule has 192 valence electrons. The van der Waals surface area contributed by atoms with Gasteiger partial charge in [0.05, 0.1) is 15.9 Å². The fraction of sp³-hybridized carbons (Fsp3) is 0. The highest BCUT2D eigenvalue weighted by molar-refractivity contribution is 7.26. The van der Waals surface area contributed by atoms with Gasteiger partial charge >= 0.3 is 0 Å². The Balaban J connectivity index is 1.36. The largest absolute Gasteiger partial charge is 0.226 e. The second-order valence-corrected chi connectivity index (χ2v) is 11.3. The number of rotatable bonds is 4. The zero-order chi connectivity index (χ0) is 27.2. The first-order valence-electron chi connectivity index (χ1n) is 13.8. The molecule has 0 atom stereocenters. The van der Waals surface area contributed by atoms with Crippen molar-refractivity contribution < 1.29 is 0 Å². The predicted octanol–water partition coefficient (Wildman–Crippen LogP) is 10.7. The van der Waals surface area contributed by atoms with Crippen LogP contribution < -0.4 is 0 Å². The summed E-state index contributed by atoms with van der Waals surface area (Å²) in [6, 6.07) is 51.4. The van der Waals surface area contributed by atoms with Gasteiger partial charge in [-0.25, -0.2) is 9.97 Å². The molecule has 2 aromatic heterocycles. The Hall–Kier alpha value is -5.12. The van der Waals surface area contributed by atoms with Crippen LogP contribution in [0.5, 0.6) is 0 Å². The fourth-order valence-electron chi connectivity index (χ4n) is 5.67. The molecule has 0 aliphatic carbocycles. The van der Waals surface area contributed by atoms with Crippen LogP contribution in [0.1, 0.15) is 0 Å². The average Bonchev–Trinajstić information content (AvgIpc) is 3.44. The van der Waals surface area contributed by atoms with Crippen LogP contribution in [0, 0.1) is 0 Å². The van der Waals surface area contributed by atoms with E-state index in [4.69, 9.17) is 9.97 Å². The van der Waals surface area contributed by atoms with Gasteiger partial charge in [0.25, 0.3) is 0 Å². The van der Waals surface area contributed by atoms with Gasteiger partial charge in [0.2, 0.25) is 0 Å². The molecule has 8 aromatic rings. The first-order valence-corrected chi connectivity index (χ1v) is 14.6. The Bertz CT molecular complexity index is 2200. The van der Waals surface area contributed by atoms with Crippen molar-refractivity contribution in [2.45, 2.75) is 0 Å². The van der Waals surface area contributed by atoms with E-state index in [1.54, 1.807) is 11.3 Å². The van der Waals surface area contributed by atoms with Gasteiger partial charge in [0.15, 0.2) is 5.82 Å². The van der Waals surface area contributed by atoms with Gasteiger partial charge in [-0.3, -0.25) is 0 Å². The molecule has 3 heteroatoms. The number of benzene rings is 6. The van der Waals surface area contributed by atoms with Crippen LogP contribution in [0.25, 0.3) is 76.0 Å². The Kier molecular flexibility index (Phi) is 5.68. The maximum absolute atomic E-state index is 5.22. The van der Waals surface area contributed by atoms with E-state index in [0.717, 1.165) is 32.9 Å². The zero-order valence-corrected chi connectivity index (χ0v) is 23.0. The number of hydrogen-bond donors (Lipinski definition) is 0. The predicted molar refractivity (Wildman–Crippen MR) is 174 cm³/mol. The molecule has 0 aliphatic heterocycles. The number of aromatic nitrogens is 2. The molecule has 2 heterocycles. The lowest BCUT2D eigenvalue weighted by molar-refractivity contribution is 1.24. The van der Waals surface area contributed by atoms with Gasteiger partial charge in [-0.1, -0.05) is 127 Å². The molecule has 0 unspecified atom stereocenters. The van der Waals surface area contributed by atoms with Crippen LogP contribution in [0.3, 0.4) is 0 Å². The minimum Gasteiger partial charge on any atom is -0.226 e. The SMILES string of the molecule is c1ccc(-c2cccc(-c3cccc(-c4nc(-c5ccccc5)nc5c4sc4ccc6ccccc6c45)c3)c2)cc1. The van der Waals surface area contributed by atoms with Crippen molar-refractivity contribution in [3.8, 4) is 44.9 Å². The monoisotopic (exact) mass is 540 g/mol. The van der Waals surface area contributed by atoms with Crippen molar-refractivity contribution in [1.82, 2.24) is 9.97 Å². The van der Waals surface area contributed by atoms with E-state index in [1.807, 2.05) is 18.2 Å². The van der Waals surface area contributed by atoms with Gasteiger partial charge in [0.1, 0.15) is 0 Å². The molecule has 8 rings (SSSR count). The van der Waals surface area contributed by atoms with E-state index in [0.29, 0.717) is 0 Å². The standard InChI is InChI=1S/C38H24N2S/c1-3-11-25(12-4-1)28-16-9-17-29(23-28)30-18-10-19-31(24-30)35-37-36(40-38(39-35)27-14-5-2-6-15-27)34-32-20-8-7-13-26(32)21-22-33(34)41-37/h1-24H. The summed E-state index contributed by atoms with van der Waals surface area (Å²) in [6.07, 6.45) is 0. The third kappa shape index (κ3) is 4.19. The number of fused-ring (bicyclic) bond motifs is 5. The molecule has 0 aliphatic rings. The van der Waals surface area contributed by atoms with E-state index < -0.39 is 0 Å². The average molecular weight is 541 g/mol. The molecule has 0 fully saturated rings. The maximum atomic E-state index is 5.22. The molecular weight excluding hydrogens is 516 g/mol. The summed E-state index contributed by atoms with van der Waals surface area (Å²) in [5.74, 6) is 0.747. The minimum atomic E-state index is 0.747. The molecule has 0 bridgehead atoms. The quantitative estimate of drug-likeness (QED) is 0.222. The fourth-order valence-corrected chi connectivity index (χ4v) is 6.84. The van der Waals surface area contributed by atoms with Crippen molar-refractivity contribution >= 4 is 42.4 Å². The maximum Gasteiger partial charge on any atom is 0.160 e. The molecular formula is C38H24N2S. The van der Waals surface area contributed by atoms with Crippen LogP contribution in [0.2, 0.25) is 0 Å². The van der Waals surface area contributed by atoms with Crippen molar-refractivity contribution in [1.29, 1.82) is 0 Å². The first-order chi connectivity index (χ1) is 20.3. The smallest absolute Gasteiger partial charge is 0.160 e. The Morgan fingerprint density at radius 2 is 1.02 bits per heavy atom. The third-order valence-corrected chi connectivity index (χ3v) is 8.83. The summed E-state index contributed by atoms with van der Waals surface area (Å²) in [5, 5.41) is 3.66. The number of nitrogens with zero attached hydrogens (tertiary/aromatic N) is 2. The molecule has 0 radical (unpaired) electrons. The summed E-state index contributed by atoms with van der Waals surface area (Å²) in [6.45, 7) is 0. The molecule has 41 heavy (non-hydrogen) atoms. The molecule has 2 nitrogen and oxygen atoms in total. The van der Waals surface area contributed by atoms with Gasteiger partial charge in [-0.15, -0.1) is 11.3 Å². The van der Waals surface area contributed by atoms with Gasteiger partial charge in [-0.05, 0) is 51.2 Å². The Morgan fingerprint density at radius 1 is 0.439 bits per heavy atom. The second-order valence-electron chi connectivity index (χ2n) is 10.2. The van der Waals surface area contributed by atoms with E-state index in [-0.39, 0.29) is 0 Å². The van der Waals surface area contributed by atoms with Crippen LogP contribution >= 0.6 is 11.3 Å². The third-order valence-electron chi connectivity index (χ3n) is 7.68. The van der Waals surface area contributed by atoms with Gasteiger partial charge < -0.3 is 0 Å². The molecule has 0 N–H and O–H groups in total. The molecule has 6 aromatic carbocycles. The Labute approximate surface area is 242 Å². The molecule has 0 amide bonds. The molecule has 0 spiro atoms. The first kappa shape index (κ1) is 23.7. The van der Waals surface area contributed by atoms with E-state index >= 15 is 0 Å². The normalized spacial score (nSPS) is 11.4. The Morgan fingerprint density at radius 3 is 1.78 bits per heavy atom.